The van der Waals surface area contributed by atoms with Crippen molar-refractivity contribution in [2.75, 3.05) is 26.7 Å². The van der Waals surface area contributed by atoms with Gasteiger partial charge in [-0.1, -0.05) is 54.9 Å². The van der Waals surface area contributed by atoms with Crippen LogP contribution in [0, 0.1) is 11.8 Å². The maximum atomic E-state index is 13.4. The van der Waals surface area contributed by atoms with Crippen molar-refractivity contribution >= 4 is 23.6 Å². The largest absolute Gasteiger partial charge is 0.453 e. The number of aryl methyl sites for hydroxylation is 1. The molecule has 1 saturated heterocycles. The summed E-state index contributed by atoms with van der Waals surface area (Å²) in [7, 11) is 1.33. The van der Waals surface area contributed by atoms with E-state index < -0.39 is 11.7 Å². The van der Waals surface area contributed by atoms with E-state index in [2.05, 4.69) is 24.4 Å². The fourth-order valence-corrected chi connectivity index (χ4v) is 6.65. The van der Waals surface area contributed by atoms with Gasteiger partial charge in [-0.15, -0.1) is 0 Å². The number of hydrogen-bond donors (Lipinski definition) is 3. The molecule has 1 heterocycles. The number of nitrogens with zero attached hydrogens (tertiary/aromatic N) is 1. The number of piperidine rings is 1. The van der Waals surface area contributed by atoms with Crippen molar-refractivity contribution < 1.29 is 19.4 Å². The van der Waals surface area contributed by atoms with Gasteiger partial charge in [0.25, 0.3) is 0 Å². The highest BCUT2D eigenvalue weighted by Crippen LogP contribution is 2.46. The molecule has 2 amide bonds. The van der Waals surface area contributed by atoms with Gasteiger partial charge in [0.2, 0.25) is 5.91 Å². The Bertz CT molecular complexity index is 1160. The molecule has 4 N–H and O–H groups in total. The van der Waals surface area contributed by atoms with Gasteiger partial charge in [-0.05, 0) is 74.1 Å². The summed E-state index contributed by atoms with van der Waals surface area (Å²) in [6, 6.07) is 14.1. The van der Waals surface area contributed by atoms with Crippen molar-refractivity contribution in [2.24, 2.45) is 17.6 Å². The topological polar surface area (TPSA) is 105 Å². The van der Waals surface area contributed by atoms with Crippen molar-refractivity contribution in [3.63, 3.8) is 0 Å². The van der Waals surface area contributed by atoms with Crippen LogP contribution < -0.4 is 11.1 Å². The lowest BCUT2D eigenvalue weighted by atomic mass is 9.72. The van der Waals surface area contributed by atoms with E-state index in [1.807, 2.05) is 35.2 Å². The molecule has 1 saturated carbocycles. The first-order chi connectivity index (χ1) is 18.8. The number of hydrogen-bond acceptors (Lipinski definition) is 5. The Morgan fingerprint density at radius 2 is 2.00 bits per heavy atom. The molecular formula is C31H42ClN3O4. The third-order valence-electron chi connectivity index (χ3n) is 8.52. The SMILES string of the molecule is CCc1cccc(-c2c(Cl)cccc2C(O)(CCCNC(=O)OC)C2CCCN(C(=O)C3CCC(N)C3)C2)c1. The number of nitrogens with one attached hydrogen (secondary N) is 1. The van der Waals surface area contributed by atoms with Gasteiger partial charge in [0, 0.05) is 48.1 Å². The van der Waals surface area contributed by atoms with E-state index >= 15 is 0 Å². The fraction of sp³-hybridized carbons (Fsp3) is 0.548. The average Bonchev–Trinajstić information content (AvgIpc) is 3.40. The average molecular weight is 556 g/mol. The number of carbonyl (C=O) groups excluding carboxylic acids is 2. The first-order valence-corrected chi connectivity index (χ1v) is 14.6. The van der Waals surface area contributed by atoms with Crippen LogP contribution in [0.3, 0.4) is 0 Å². The molecule has 8 heteroatoms. The highest BCUT2D eigenvalue weighted by molar-refractivity contribution is 6.33. The number of ether oxygens (including phenoxy) is 1. The molecule has 212 valence electrons. The monoisotopic (exact) mass is 555 g/mol. The summed E-state index contributed by atoms with van der Waals surface area (Å²) < 4.78 is 4.71. The summed E-state index contributed by atoms with van der Waals surface area (Å²) in [6.07, 6.45) is 5.38. The van der Waals surface area contributed by atoms with Crippen LogP contribution in [0.2, 0.25) is 5.02 Å². The van der Waals surface area contributed by atoms with Gasteiger partial charge in [0.15, 0.2) is 0 Å². The van der Waals surface area contributed by atoms with Crippen molar-refractivity contribution in [1.29, 1.82) is 0 Å². The number of rotatable bonds is 9. The minimum atomic E-state index is -1.26. The summed E-state index contributed by atoms with van der Waals surface area (Å²) in [5.41, 5.74) is 8.59. The number of halogens is 1. The van der Waals surface area contributed by atoms with Crippen LogP contribution in [0.1, 0.15) is 63.0 Å². The summed E-state index contributed by atoms with van der Waals surface area (Å²) in [5, 5.41) is 16.0. The first kappa shape index (κ1) is 29.4. The van der Waals surface area contributed by atoms with Crippen molar-refractivity contribution in [2.45, 2.75) is 69.9 Å². The molecule has 2 fully saturated rings. The van der Waals surface area contributed by atoms with Gasteiger partial charge < -0.3 is 25.8 Å². The van der Waals surface area contributed by atoms with Crippen molar-refractivity contribution in [3.8, 4) is 11.1 Å². The second kappa shape index (κ2) is 13.2. The number of alkyl carbamates (subject to hydrolysis) is 1. The van der Waals surface area contributed by atoms with E-state index in [1.54, 1.807) is 0 Å². The maximum absolute atomic E-state index is 13.4. The molecular weight excluding hydrogens is 514 g/mol. The molecule has 0 aromatic heterocycles. The van der Waals surface area contributed by atoms with Crippen LogP contribution in [0.4, 0.5) is 4.79 Å². The molecule has 1 aliphatic carbocycles. The zero-order valence-electron chi connectivity index (χ0n) is 23.1. The number of amides is 2. The van der Waals surface area contributed by atoms with Crippen LogP contribution in [0.5, 0.6) is 0 Å². The van der Waals surface area contributed by atoms with E-state index in [9.17, 15) is 14.7 Å². The van der Waals surface area contributed by atoms with Gasteiger partial charge in [-0.3, -0.25) is 4.79 Å². The minimum absolute atomic E-state index is 0.0328. The van der Waals surface area contributed by atoms with Gasteiger partial charge in [0.1, 0.15) is 0 Å². The molecule has 2 aliphatic rings. The first-order valence-electron chi connectivity index (χ1n) is 14.2. The molecule has 7 nitrogen and oxygen atoms in total. The third-order valence-corrected chi connectivity index (χ3v) is 8.84. The molecule has 0 bridgehead atoms. The van der Waals surface area contributed by atoms with Gasteiger partial charge in [0.05, 0.1) is 12.7 Å². The number of likely N-dealkylation sites (tertiary alicyclic amines) is 1. The quantitative estimate of drug-likeness (QED) is 0.366. The Labute approximate surface area is 237 Å². The van der Waals surface area contributed by atoms with Crippen molar-refractivity contribution in [3.05, 3.63) is 58.6 Å². The van der Waals surface area contributed by atoms with E-state index in [4.69, 9.17) is 22.1 Å². The number of methoxy groups -OCH3 is 1. The Morgan fingerprint density at radius 1 is 1.21 bits per heavy atom. The molecule has 0 radical (unpaired) electrons. The minimum Gasteiger partial charge on any atom is -0.453 e. The zero-order valence-corrected chi connectivity index (χ0v) is 23.9. The lowest BCUT2D eigenvalue weighted by Crippen LogP contribution is -2.49. The zero-order chi connectivity index (χ0) is 28.0. The number of nitrogens with two attached hydrogens (primary N) is 1. The van der Waals surface area contributed by atoms with Crippen LogP contribution >= 0.6 is 11.6 Å². The fourth-order valence-electron chi connectivity index (χ4n) is 6.37. The maximum Gasteiger partial charge on any atom is 0.406 e. The molecule has 2 aromatic rings. The van der Waals surface area contributed by atoms with Crippen LogP contribution in [-0.4, -0.2) is 54.8 Å². The summed E-state index contributed by atoms with van der Waals surface area (Å²) >= 11 is 6.84. The molecule has 2 aromatic carbocycles. The van der Waals surface area contributed by atoms with E-state index in [0.29, 0.717) is 37.5 Å². The third kappa shape index (κ3) is 6.76. The molecule has 39 heavy (non-hydrogen) atoms. The van der Waals surface area contributed by atoms with Crippen LogP contribution in [0.15, 0.2) is 42.5 Å². The highest BCUT2D eigenvalue weighted by atomic mass is 35.5. The molecule has 4 unspecified atom stereocenters. The van der Waals surface area contributed by atoms with Gasteiger partial charge in [-0.25, -0.2) is 4.79 Å². The molecule has 0 spiro atoms. The predicted octanol–water partition coefficient (Wildman–Crippen LogP) is 5.26. The number of aliphatic hydroxyl groups is 1. The predicted molar refractivity (Wildman–Crippen MR) is 154 cm³/mol. The Balaban J connectivity index is 1.69. The normalized spacial score (nSPS) is 22.8. The Hall–Kier alpha value is -2.61. The second-order valence-corrected chi connectivity index (χ2v) is 11.5. The number of benzene rings is 2. The Morgan fingerprint density at radius 3 is 2.72 bits per heavy atom. The molecule has 4 rings (SSSR count). The van der Waals surface area contributed by atoms with E-state index in [-0.39, 0.29) is 23.8 Å². The smallest absolute Gasteiger partial charge is 0.406 e. The second-order valence-electron chi connectivity index (χ2n) is 11.1. The summed E-state index contributed by atoms with van der Waals surface area (Å²) in [4.78, 5) is 27.0. The Kier molecular flexibility index (Phi) is 9.91. The summed E-state index contributed by atoms with van der Waals surface area (Å²) in [5.74, 6) is -0.0612. The van der Waals surface area contributed by atoms with Gasteiger partial charge >= 0.3 is 6.09 Å². The van der Waals surface area contributed by atoms with E-state index in [0.717, 1.165) is 55.2 Å². The standard InChI is InChI=1S/C31H42ClN3O4/c1-3-21-8-4-9-22(18-21)28-26(11-5-12-27(28)32)31(38,15-7-16-34-30(37)39-2)24-10-6-17-35(20-24)29(36)23-13-14-25(33)19-23/h4-5,8-9,11-12,18,23-25,38H,3,6-7,10,13-17,19-20,33H2,1-2H3,(H,34,37). The van der Waals surface area contributed by atoms with Crippen LogP contribution in [0.25, 0.3) is 11.1 Å². The van der Waals surface area contributed by atoms with Crippen molar-refractivity contribution in [1.82, 2.24) is 10.2 Å². The molecule has 1 aliphatic heterocycles. The lowest BCUT2D eigenvalue weighted by molar-refractivity contribution is -0.140. The van der Waals surface area contributed by atoms with Crippen LogP contribution in [-0.2, 0) is 21.6 Å². The lowest BCUT2D eigenvalue weighted by Gasteiger charge is -2.44. The highest BCUT2D eigenvalue weighted by Gasteiger charge is 2.44. The summed E-state index contributed by atoms with van der Waals surface area (Å²) in [6.45, 7) is 3.65. The van der Waals surface area contributed by atoms with E-state index in [1.165, 1.54) is 12.7 Å². The van der Waals surface area contributed by atoms with Gasteiger partial charge in [-0.2, -0.15) is 0 Å². The number of carbonyl (C=O) groups is 2. The molecule has 4 atom stereocenters.